The molecule has 0 unspecified atom stereocenters. The molecule has 0 saturated carbocycles. The van der Waals surface area contributed by atoms with E-state index in [-0.39, 0.29) is 11.8 Å². The van der Waals surface area contributed by atoms with Gasteiger partial charge >= 0.3 is 18.0 Å². The summed E-state index contributed by atoms with van der Waals surface area (Å²) in [5.74, 6) is -1.56. The lowest BCUT2D eigenvalue weighted by Gasteiger charge is -2.21. The number of carbonyl (C=O) groups excluding carboxylic acids is 4. The normalized spacial score (nSPS) is 11.5. The van der Waals surface area contributed by atoms with E-state index in [1.54, 1.807) is 38.1 Å². The van der Waals surface area contributed by atoms with Crippen LogP contribution in [0.2, 0.25) is 0 Å². The van der Waals surface area contributed by atoms with E-state index in [1.165, 1.54) is 0 Å². The van der Waals surface area contributed by atoms with Crippen LogP contribution in [0.4, 0.5) is 15.3 Å². The summed E-state index contributed by atoms with van der Waals surface area (Å²) in [6, 6.07) is 6.57. The fourth-order valence-corrected chi connectivity index (χ4v) is 2.06. The monoisotopic (exact) mass is 392 g/mol. The Labute approximate surface area is 164 Å². The largest absolute Gasteiger partial charge is 0.454 e. The Hall–Kier alpha value is -3.10. The van der Waals surface area contributed by atoms with Crippen molar-refractivity contribution in [1.29, 1.82) is 0 Å². The number of imide groups is 1. The Morgan fingerprint density at radius 2 is 1.61 bits per heavy atom. The van der Waals surface area contributed by atoms with Crippen LogP contribution < -0.4 is 21.3 Å². The molecule has 9 nitrogen and oxygen atoms in total. The molecule has 5 amide bonds. The lowest BCUT2D eigenvalue weighted by molar-refractivity contribution is -0.151. The van der Waals surface area contributed by atoms with Gasteiger partial charge in [0.05, 0.1) is 0 Å². The van der Waals surface area contributed by atoms with Crippen LogP contribution in [-0.2, 0) is 14.3 Å². The van der Waals surface area contributed by atoms with E-state index in [0.29, 0.717) is 12.2 Å². The van der Waals surface area contributed by atoms with Crippen molar-refractivity contribution in [1.82, 2.24) is 16.0 Å². The highest BCUT2D eigenvalue weighted by molar-refractivity contribution is 5.96. The first-order chi connectivity index (χ1) is 13.2. The number of hydrogen-bond acceptors (Lipinski definition) is 5. The summed E-state index contributed by atoms with van der Waals surface area (Å²) in [5, 5.41) is 9.71. The molecule has 9 heteroatoms. The molecule has 0 aliphatic heterocycles. The molecule has 0 bridgehead atoms. The zero-order valence-electron chi connectivity index (χ0n) is 16.6. The Balaban J connectivity index is 2.48. The van der Waals surface area contributed by atoms with Gasteiger partial charge in [0.2, 0.25) is 0 Å². The molecular weight excluding hydrogens is 364 g/mol. The van der Waals surface area contributed by atoms with E-state index >= 15 is 0 Å². The molecule has 0 spiro atoms. The van der Waals surface area contributed by atoms with Gasteiger partial charge in [-0.3, -0.25) is 10.1 Å². The predicted octanol–water partition coefficient (Wildman–Crippen LogP) is 1.86. The molecule has 0 heterocycles. The van der Waals surface area contributed by atoms with Gasteiger partial charge in [-0.1, -0.05) is 45.9 Å². The van der Waals surface area contributed by atoms with Crippen LogP contribution in [-0.4, -0.2) is 43.1 Å². The third-order valence-corrected chi connectivity index (χ3v) is 3.51. The van der Waals surface area contributed by atoms with Crippen molar-refractivity contribution in [2.75, 3.05) is 18.5 Å². The Morgan fingerprint density at radius 1 is 0.964 bits per heavy atom. The zero-order chi connectivity index (χ0) is 21.1. The van der Waals surface area contributed by atoms with E-state index < -0.39 is 36.6 Å². The molecule has 4 N–H and O–H groups in total. The van der Waals surface area contributed by atoms with Gasteiger partial charge in [0, 0.05) is 12.2 Å². The van der Waals surface area contributed by atoms with E-state index in [1.807, 2.05) is 19.9 Å². The SMILES string of the molecule is CC(C)CNC(=O)NC(=O)COC(=O)[C@H](NC(=O)Nc1ccccc1)C(C)C. The molecule has 154 valence electrons. The first-order valence-electron chi connectivity index (χ1n) is 9.06. The molecule has 28 heavy (non-hydrogen) atoms. The number of nitrogens with one attached hydrogen (secondary N) is 4. The Morgan fingerprint density at radius 3 is 2.18 bits per heavy atom. The molecule has 1 rings (SSSR count). The van der Waals surface area contributed by atoms with Gasteiger partial charge in [-0.15, -0.1) is 0 Å². The fourth-order valence-electron chi connectivity index (χ4n) is 2.06. The second-order valence-electron chi connectivity index (χ2n) is 6.95. The maximum atomic E-state index is 12.2. The molecule has 1 aromatic carbocycles. The minimum Gasteiger partial charge on any atom is -0.454 e. The molecule has 1 aromatic rings. The van der Waals surface area contributed by atoms with Crippen LogP contribution in [0.1, 0.15) is 27.7 Å². The molecule has 1 atom stereocenters. The Bertz CT molecular complexity index is 676. The zero-order valence-corrected chi connectivity index (χ0v) is 16.6. The summed E-state index contributed by atoms with van der Waals surface area (Å²) in [4.78, 5) is 47.5. The number of carbonyl (C=O) groups is 4. The van der Waals surface area contributed by atoms with Crippen molar-refractivity contribution < 1.29 is 23.9 Å². The number of para-hydroxylation sites is 1. The third kappa shape index (κ3) is 9.02. The van der Waals surface area contributed by atoms with E-state index in [9.17, 15) is 19.2 Å². The summed E-state index contributed by atoms with van der Waals surface area (Å²) >= 11 is 0. The van der Waals surface area contributed by atoms with Crippen molar-refractivity contribution in [2.24, 2.45) is 11.8 Å². The minimum atomic E-state index is -0.953. The maximum absolute atomic E-state index is 12.2. The summed E-state index contributed by atoms with van der Waals surface area (Å²) < 4.78 is 4.93. The summed E-state index contributed by atoms with van der Waals surface area (Å²) in [7, 11) is 0. The van der Waals surface area contributed by atoms with Crippen molar-refractivity contribution in [3.05, 3.63) is 30.3 Å². The lowest BCUT2D eigenvalue weighted by Crippen LogP contribution is -2.48. The average Bonchev–Trinajstić information content (AvgIpc) is 2.63. The van der Waals surface area contributed by atoms with Crippen LogP contribution in [0.3, 0.4) is 0 Å². The number of anilines is 1. The highest BCUT2D eigenvalue weighted by Gasteiger charge is 2.26. The molecule has 0 fully saturated rings. The van der Waals surface area contributed by atoms with Gasteiger partial charge in [-0.2, -0.15) is 0 Å². The number of amides is 5. The number of benzene rings is 1. The van der Waals surface area contributed by atoms with Gasteiger partial charge in [-0.05, 0) is 24.0 Å². The van der Waals surface area contributed by atoms with Crippen LogP contribution >= 0.6 is 0 Å². The third-order valence-electron chi connectivity index (χ3n) is 3.51. The van der Waals surface area contributed by atoms with E-state index in [4.69, 9.17) is 4.74 Å². The number of ether oxygens (including phenoxy) is 1. The maximum Gasteiger partial charge on any atom is 0.329 e. The van der Waals surface area contributed by atoms with Gasteiger partial charge in [-0.25, -0.2) is 14.4 Å². The summed E-state index contributed by atoms with van der Waals surface area (Å²) in [6.45, 7) is 7.07. The number of hydrogen-bond donors (Lipinski definition) is 4. The first kappa shape index (κ1) is 22.9. The topological polar surface area (TPSA) is 126 Å². The highest BCUT2D eigenvalue weighted by Crippen LogP contribution is 2.07. The molecule has 0 aromatic heterocycles. The van der Waals surface area contributed by atoms with Gasteiger partial charge in [0.15, 0.2) is 6.61 Å². The number of esters is 1. The second-order valence-corrected chi connectivity index (χ2v) is 6.95. The van der Waals surface area contributed by atoms with Gasteiger partial charge in [0.25, 0.3) is 5.91 Å². The van der Waals surface area contributed by atoms with E-state index in [2.05, 4.69) is 21.3 Å². The van der Waals surface area contributed by atoms with Crippen molar-refractivity contribution in [3.8, 4) is 0 Å². The minimum absolute atomic E-state index is 0.235. The van der Waals surface area contributed by atoms with Crippen LogP contribution in [0.25, 0.3) is 0 Å². The fraction of sp³-hybridized carbons (Fsp3) is 0.474. The predicted molar refractivity (Wildman–Crippen MR) is 105 cm³/mol. The lowest BCUT2D eigenvalue weighted by atomic mass is 10.1. The van der Waals surface area contributed by atoms with Crippen molar-refractivity contribution in [2.45, 2.75) is 33.7 Å². The van der Waals surface area contributed by atoms with Crippen LogP contribution in [0, 0.1) is 11.8 Å². The van der Waals surface area contributed by atoms with Gasteiger partial charge < -0.3 is 20.7 Å². The van der Waals surface area contributed by atoms with Crippen molar-refractivity contribution in [3.63, 3.8) is 0 Å². The van der Waals surface area contributed by atoms with Crippen molar-refractivity contribution >= 4 is 29.6 Å². The van der Waals surface area contributed by atoms with Crippen LogP contribution in [0.15, 0.2) is 30.3 Å². The first-order valence-corrected chi connectivity index (χ1v) is 9.06. The summed E-state index contributed by atoms with van der Waals surface area (Å²) in [5.41, 5.74) is 0.572. The smallest absolute Gasteiger partial charge is 0.329 e. The second kappa shape index (κ2) is 11.6. The highest BCUT2D eigenvalue weighted by atomic mass is 16.5. The molecule has 0 saturated heterocycles. The van der Waals surface area contributed by atoms with E-state index in [0.717, 1.165) is 0 Å². The molecule has 0 aliphatic carbocycles. The standard InChI is InChI=1S/C19H28N4O5/c1-12(2)10-20-18(26)22-15(24)11-28-17(25)16(13(3)4)23-19(27)21-14-8-6-5-7-9-14/h5-9,12-13,16H,10-11H2,1-4H3,(H2,21,23,27)(H2,20,22,24,26)/t16-/m1/s1. The molecule has 0 aliphatic rings. The molecular formula is C19H28N4O5. The number of rotatable bonds is 8. The van der Waals surface area contributed by atoms with Gasteiger partial charge in [0.1, 0.15) is 6.04 Å². The Kier molecular flexibility index (Phi) is 9.49. The quantitative estimate of drug-likeness (QED) is 0.503. The summed E-state index contributed by atoms with van der Waals surface area (Å²) in [6.07, 6.45) is 0. The molecule has 0 radical (unpaired) electrons. The number of urea groups is 2. The average molecular weight is 392 g/mol. The van der Waals surface area contributed by atoms with Crippen LogP contribution in [0.5, 0.6) is 0 Å².